The normalized spacial score (nSPS) is 17.9. The van der Waals surface area contributed by atoms with E-state index in [4.69, 9.17) is 32.2 Å². The molecule has 1 heterocycles. The maximum absolute atomic E-state index is 6.31. The Kier molecular flexibility index (Phi) is 8.53. The van der Waals surface area contributed by atoms with Gasteiger partial charge < -0.3 is 19.5 Å². The van der Waals surface area contributed by atoms with Crippen LogP contribution in [0.25, 0.3) is 0 Å². The van der Waals surface area contributed by atoms with Gasteiger partial charge in [-0.05, 0) is 23.6 Å². The van der Waals surface area contributed by atoms with Crippen LogP contribution < -0.4 is 14.8 Å². The van der Waals surface area contributed by atoms with Crippen molar-refractivity contribution in [1.82, 2.24) is 10.2 Å². The Balaban J connectivity index is 1.87. The highest BCUT2D eigenvalue weighted by Crippen LogP contribution is 2.36. The van der Waals surface area contributed by atoms with E-state index in [1.165, 1.54) is 0 Å². The first kappa shape index (κ1) is 20.9. The van der Waals surface area contributed by atoms with Crippen molar-refractivity contribution in [2.24, 2.45) is 5.92 Å². The zero-order valence-electron chi connectivity index (χ0n) is 15.9. The molecule has 1 aliphatic rings. The quantitative estimate of drug-likeness (QED) is 0.667. The molecule has 1 aromatic rings. The van der Waals surface area contributed by atoms with E-state index in [1.807, 2.05) is 12.1 Å². The maximum Gasteiger partial charge on any atom is 0.181 e. The minimum atomic E-state index is 0.152. The van der Waals surface area contributed by atoms with Gasteiger partial charge in [0.1, 0.15) is 6.61 Å². The lowest BCUT2D eigenvalue weighted by Crippen LogP contribution is -2.47. The van der Waals surface area contributed by atoms with Gasteiger partial charge in [0.05, 0.1) is 24.8 Å². The van der Waals surface area contributed by atoms with Crippen LogP contribution in [0.4, 0.5) is 0 Å². The van der Waals surface area contributed by atoms with Crippen molar-refractivity contribution in [2.75, 3.05) is 46.5 Å². The van der Waals surface area contributed by atoms with Gasteiger partial charge in [0.25, 0.3) is 0 Å². The summed E-state index contributed by atoms with van der Waals surface area (Å²) in [6.45, 7) is 10.0. The van der Waals surface area contributed by atoms with Crippen LogP contribution in [0.1, 0.15) is 19.4 Å². The van der Waals surface area contributed by atoms with E-state index in [-0.39, 0.29) is 12.7 Å². The minimum absolute atomic E-state index is 0.152. The second-order valence-corrected chi connectivity index (χ2v) is 7.29. The average molecular weight is 381 g/mol. The third-order valence-electron chi connectivity index (χ3n) is 4.14. The van der Waals surface area contributed by atoms with Crippen molar-refractivity contribution < 1.29 is 14.2 Å². The molecule has 0 aliphatic carbocycles. The topological polar surface area (TPSA) is 43.0 Å². The van der Waals surface area contributed by atoms with Crippen molar-refractivity contribution in [3.05, 3.63) is 22.7 Å². The van der Waals surface area contributed by atoms with Crippen LogP contribution in [0.15, 0.2) is 12.1 Å². The average Bonchev–Trinajstić information content (AvgIpc) is 2.60. The Labute approximate surface area is 161 Å². The number of benzene rings is 1. The van der Waals surface area contributed by atoms with Crippen molar-refractivity contribution in [3.8, 4) is 23.8 Å². The van der Waals surface area contributed by atoms with E-state index >= 15 is 0 Å². The molecule has 0 radical (unpaired) electrons. The Morgan fingerprint density at radius 1 is 1.46 bits per heavy atom. The largest absolute Gasteiger partial charge is 0.493 e. The summed E-state index contributed by atoms with van der Waals surface area (Å²) in [5, 5.41) is 3.94. The number of rotatable bonds is 9. The van der Waals surface area contributed by atoms with Gasteiger partial charge in [-0.3, -0.25) is 4.90 Å². The molecular weight excluding hydrogens is 352 g/mol. The summed E-state index contributed by atoms with van der Waals surface area (Å²) < 4.78 is 16.7. The fourth-order valence-electron chi connectivity index (χ4n) is 3.09. The molecule has 0 aromatic heterocycles. The fourth-order valence-corrected chi connectivity index (χ4v) is 3.38. The first-order chi connectivity index (χ1) is 12.5. The number of methoxy groups -OCH3 is 1. The second-order valence-electron chi connectivity index (χ2n) is 6.88. The van der Waals surface area contributed by atoms with Crippen LogP contribution in [0.3, 0.4) is 0 Å². The molecular formula is C20H29ClN2O3. The lowest BCUT2D eigenvalue weighted by molar-refractivity contribution is -0.0303. The monoisotopic (exact) mass is 380 g/mol. The number of hydrogen-bond donors (Lipinski definition) is 1. The fraction of sp³-hybridized carbons (Fsp3) is 0.600. The van der Waals surface area contributed by atoms with Crippen LogP contribution in [-0.2, 0) is 11.3 Å². The highest BCUT2D eigenvalue weighted by atomic mass is 35.5. The van der Waals surface area contributed by atoms with Crippen molar-refractivity contribution in [2.45, 2.75) is 26.5 Å². The number of terminal acetylenes is 1. The summed E-state index contributed by atoms with van der Waals surface area (Å²) in [6, 6.07) is 3.78. The number of hydrogen-bond acceptors (Lipinski definition) is 5. The molecule has 26 heavy (non-hydrogen) atoms. The van der Waals surface area contributed by atoms with E-state index in [2.05, 4.69) is 30.0 Å². The van der Waals surface area contributed by atoms with Gasteiger partial charge in [-0.1, -0.05) is 31.4 Å². The number of nitrogens with zero attached hydrogens (tertiary/aromatic N) is 1. The SMILES string of the molecule is C#CCOc1c(Cl)cc(CNC[C@@H]2CN(CC(C)C)CCO2)cc1OC. The molecule has 0 unspecified atom stereocenters. The molecule has 1 aliphatic heterocycles. The molecule has 0 saturated carbocycles. The number of ether oxygens (including phenoxy) is 3. The number of halogens is 1. The Hall–Kier alpha value is -1.45. The van der Waals surface area contributed by atoms with E-state index in [9.17, 15) is 0 Å². The first-order valence-corrected chi connectivity index (χ1v) is 9.38. The van der Waals surface area contributed by atoms with E-state index < -0.39 is 0 Å². The Bertz CT molecular complexity index is 616. The van der Waals surface area contributed by atoms with Gasteiger partial charge in [-0.25, -0.2) is 0 Å². The summed E-state index contributed by atoms with van der Waals surface area (Å²) in [4.78, 5) is 2.47. The van der Waals surface area contributed by atoms with Gasteiger partial charge in [0, 0.05) is 32.7 Å². The van der Waals surface area contributed by atoms with Gasteiger partial charge in [0.15, 0.2) is 11.5 Å². The molecule has 5 nitrogen and oxygen atoms in total. The standard InChI is InChI=1S/C20H29ClN2O3/c1-5-7-26-20-18(21)9-16(10-19(20)24-4)11-22-12-17-14-23(6-8-25-17)13-15(2)3/h1,9-10,15,17,22H,6-8,11-14H2,2-4H3/t17-/m1/s1. The van der Waals surface area contributed by atoms with E-state index in [0.717, 1.165) is 38.3 Å². The Morgan fingerprint density at radius 3 is 2.96 bits per heavy atom. The summed E-state index contributed by atoms with van der Waals surface area (Å²) in [7, 11) is 1.59. The summed E-state index contributed by atoms with van der Waals surface area (Å²) in [6.07, 6.45) is 5.44. The molecule has 2 rings (SSSR count). The number of nitrogens with one attached hydrogen (secondary N) is 1. The molecule has 1 atom stereocenters. The molecule has 0 spiro atoms. The smallest absolute Gasteiger partial charge is 0.181 e. The highest BCUT2D eigenvalue weighted by molar-refractivity contribution is 6.32. The molecule has 1 fully saturated rings. The van der Waals surface area contributed by atoms with Crippen molar-refractivity contribution in [3.63, 3.8) is 0 Å². The predicted octanol–water partition coefficient (Wildman–Crippen LogP) is 2.81. The van der Waals surface area contributed by atoms with Crippen LogP contribution in [0.2, 0.25) is 5.02 Å². The van der Waals surface area contributed by atoms with Crippen LogP contribution in [0, 0.1) is 18.3 Å². The van der Waals surface area contributed by atoms with Crippen LogP contribution >= 0.6 is 11.6 Å². The van der Waals surface area contributed by atoms with Crippen molar-refractivity contribution >= 4 is 11.6 Å². The van der Waals surface area contributed by atoms with Gasteiger partial charge >= 0.3 is 0 Å². The summed E-state index contributed by atoms with van der Waals surface area (Å²) in [5.41, 5.74) is 1.02. The summed E-state index contributed by atoms with van der Waals surface area (Å²) >= 11 is 6.31. The highest BCUT2D eigenvalue weighted by Gasteiger charge is 2.20. The molecule has 6 heteroatoms. The van der Waals surface area contributed by atoms with E-state index in [0.29, 0.717) is 29.0 Å². The first-order valence-electron chi connectivity index (χ1n) is 9.00. The number of morpholine rings is 1. The lowest BCUT2D eigenvalue weighted by Gasteiger charge is -2.34. The van der Waals surface area contributed by atoms with Crippen LogP contribution in [-0.4, -0.2) is 57.5 Å². The second kappa shape index (κ2) is 10.6. The predicted molar refractivity (Wildman–Crippen MR) is 105 cm³/mol. The van der Waals surface area contributed by atoms with Crippen molar-refractivity contribution in [1.29, 1.82) is 0 Å². The maximum atomic E-state index is 6.31. The molecule has 1 saturated heterocycles. The van der Waals surface area contributed by atoms with Crippen LogP contribution in [0.5, 0.6) is 11.5 Å². The molecule has 1 aromatic carbocycles. The third-order valence-corrected chi connectivity index (χ3v) is 4.42. The Morgan fingerprint density at radius 2 is 2.27 bits per heavy atom. The molecule has 144 valence electrons. The molecule has 1 N–H and O–H groups in total. The van der Waals surface area contributed by atoms with E-state index in [1.54, 1.807) is 7.11 Å². The van der Waals surface area contributed by atoms with Gasteiger partial charge in [0.2, 0.25) is 0 Å². The lowest BCUT2D eigenvalue weighted by atomic mass is 10.1. The zero-order chi connectivity index (χ0) is 18.9. The van der Waals surface area contributed by atoms with Gasteiger partial charge in [-0.2, -0.15) is 0 Å². The minimum Gasteiger partial charge on any atom is -0.493 e. The summed E-state index contributed by atoms with van der Waals surface area (Å²) in [5.74, 6) is 4.17. The van der Waals surface area contributed by atoms with Gasteiger partial charge in [-0.15, -0.1) is 6.42 Å². The zero-order valence-corrected chi connectivity index (χ0v) is 16.6. The molecule has 0 amide bonds. The third kappa shape index (κ3) is 6.37. The molecule has 0 bridgehead atoms.